The molecule has 0 radical (unpaired) electrons. The highest BCUT2D eigenvalue weighted by molar-refractivity contribution is 6.30. The van der Waals surface area contributed by atoms with Crippen molar-refractivity contribution >= 4 is 17.6 Å². The predicted octanol–water partition coefficient (Wildman–Crippen LogP) is 6.10. The second kappa shape index (κ2) is 10.6. The first kappa shape index (κ1) is 23.6. The molecule has 0 bridgehead atoms. The average molecular weight is 472 g/mol. The number of nitrogens with zero attached hydrogens (tertiary/aromatic N) is 1. The van der Waals surface area contributed by atoms with Gasteiger partial charge in [-0.2, -0.15) is 0 Å². The van der Waals surface area contributed by atoms with Crippen LogP contribution in [0.15, 0.2) is 115 Å². The first-order valence-corrected chi connectivity index (χ1v) is 11.4. The first-order chi connectivity index (χ1) is 16.5. The molecule has 0 fully saturated rings. The average Bonchev–Trinajstić information content (AvgIpc) is 2.87. The Morgan fingerprint density at radius 2 is 1.21 bits per heavy atom. The van der Waals surface area contributed by atoms with Crippen LogP contribution >= 0.6 is 11.6 Å². The van der Waals surface area contributed by atoms with Crippen LogP contribution in [0.4, 0.5) is 0 Å². The van der Waals surface area contributed by atoms with Crippen molar-refractivity contribution in [1.82, 2.24) is 4.90 Å². The molecule has 1 atom stereocenters. The fraction of sp³-hybridized carbons (Fsp3) is 0.138. The van der Waals surface area contributed by atoms with E-state index in [1.165, 1.54) is 0 Å². The lowest BCUT2D eigenvalue weighted by Crippen LogP contribution is -2.55. The molecule has 5 heteroatoms. The molecule has 1 unspecified atom stereocenters. The van der Waals surface area contributed by atoms with E-state index in [9.17, 15) is 9.90 Å². The van der Waals surface area contributed by atoms with Gasteiger partial charge in [-0.1, -0.05) is 103 Å². The highest BCUT2D eigenvalue weighted by Gasteiger charge is 2.45. The zero-order valence-electron chi connectivity index (χ0n) is 18.8. The van der Waals surface area contributed by atoms with Crippen LogP contribution in [0, 0.1) is 0 Å². The number of hydrogen-bond donors (Lipinski definition) is 1. The summed E-state index contributed by atoms with van der Waals surface area (Å²) in [6.45, 7) is -0.0400. The molecular formula is C29H26ClNO3. The summed E-state index contributed by atoms with van der Waals surface area (Å²) in [7, 11) is 1.84. The molecule has 4 nitrogen and oxygen atoms in total. The van der Waals surface area contributed by atoms with Crippen LogP contribution in [0.3, 0.4) is 0 Å². The Morgan fingerprint density at radius 1 is 0.794 bits per heavy atom. The van der Waals surface area contributed by atoms with E-state index in [1.54, 1.807) is 24.3 Å². The van der Waals surface area contributed by atoms with E-state index in [4.69, 9.17) is 16.3 Å². The first-order valence-electron chi connectivity index (χ1n) is 11.0. The number of ether oxygens (including phenoxy) is 1. The van der Waals surface area contributed by atoms with Crippen molar-refractivity contribution in [3.05, 3.63) is 137 Å². The molecule has 1 N–H and O–H groups in total. The largest absolute Gasteiger partial charge is 0.491 e. The third kappa shape index (κ3) is 4.69. The number of carbonyl (C=O) groups is 1. The lowest BCUT2D eigenvalue weighted by Gasteiger charge is -2.46. The smallest absolute Gasteiger partial charge is 0.324 e. The predicted molar refractivity (Wildman–Crippen MR) is 135 cm³/mol. The molecule has 172 valence electrons. The summed E-state index contributed by atoms with van der Waals surface area (Å²) in [6, 6.07) is 35.9. The minimum Gasteiger partial charge on any atom is -0.491 e. The van der Waals surface area contributed by atoms with Crippen molar-refractivity contribution < 1.29 is 14.6 Å². The van der Waals surface area contributed by atoms with Gasteiger partial charge in [0.05, 0.1) is 5.54 Å². The van der Waals surface area contributed by atoms with E-state index >= 15 is 0 Å². The highest BCUT2D eigenvalue weighted by Crippen LogP contribution is 2.42. The van der Waals surface area contributed by atoms with Crippen molar-refractivity contribution in [2.24, 2.45) is 0 Å². The Balaban J connectivity index is 1.85. The number of hydrogen-bond acceptors (Lipinski definition) is 3. The van der Waals surface area contributed by atoms with Crippen LogP contribution in [0.2, 0.25) is 5.02 Å². The number of carboxylic acids is 1. The Morgan fingerprint density at radius 3 is 1.59 bits per heavy atom. The minimum absolute atomic E-state index is 0.0400. The lowest BCUT2D eigenvalue weighted by molar-refractivity contribution is -0.145. The summed E-state index contributed by atoms with van der Waals surface area (Å²) in [6.07, 6.45) is 0. The van der Waals surface area contributed by atoms with Crippen molar-refractivity contribution in [3.8, 4) is 5.75 Å². The fourth-order valence-corrected chi connectivity index (χ4v) is 4.56. The minimum atomic E-state index is -0.969. The summed E-state index contributed by atoms with van der Waals surface area (Å²) in [4.78, 5) is 14.5. The van der Waals surface area contributed by atoms with E-state index in [0.717, 1.165) is 16.7 Å². The van der Waals surface area contributed by atoms with Gasteiger partial charge in [0.15, 0.2) is 0 Å². The lowest BCUT2D eigenvalue weighted by atomic mass is 9.75. The molecule has 0 saturated carbocycles. The number of carboxylic acid groups (broad SMARTS) is 1. The summed E-state index contributed by atoms with van der Waals surface area (Å²) in [5.74, 6) is -0.405. The molecule has 0 saturated heterocycles. The normalized spacial score (nSPS) is 12.3. The van der Waals surface area contributed by atoms with Crippen LogP contribution < -0.4 is 4.74 Å². The van der Waals surface area contributed by atoms with Crippen LogP contribution in [-0.4, -0.2) is 35.7 Å². The van der Waals surface area contributed by atoms with Gasteiger partial charge >= 0.3 is 5.97 Å². The maximum atomic E-state index is 12.6. The van der Waals surface area contributed by atoms with E-state index in [2.05, 4.69) is 0 Å². The SMILES string of the molecule is CN(C(COc1ccc(Cl)cc1)C(=O)O)C(c1ccccc1)(c1ccccc1)c1ccccc1. The molecule has 0 heterocycles. The number of benzene rings is 4. The van der Waals surface area contributed by atoms with E-state index in [0.29, 0.717) is 10.8 Å². The number of rotatable bonds is 9. The second-order valence-corrected chi connectivity index (χ2v) is 8.47. The van der Waals surface area contributed by atoms with Gasteiger partial charge in [0.2, 0.25) is 0 Å². The number of likely N-dealkylation sites (N-methyl/N-ethyl adjacent to an activating group) is 1. The molecule has 4 rings (SSSR count). The molecule has 0 amide bonds. The Hall–Kier alpha value is -3.60. The molecule has 0 spiro atoms. The Labute approximate surface area is 205 Å². The Kier molecular flexibility index (Phi) is 7.31. The Bertz CT molecular complexity index is 1100. The van der Waals surface area contributed by atoms with Crippen molar-refractivity contribution in [3.63, 3.8) is 0 Å². The maximum Gasteiger partial charge on any atom is 0.324 e. The van der Waals surface area contributed by atoms with Gasteiger partial charge in [0.1, 0.15) is 18.4 Å². The van der Waals surface area contributed by atoms with Gasteiger partial charge in [0.25, 0.3) is 0 Å². The van der Waals surface area contributed by atoms with Crippen molar-refractivity contribution in [2.45, 2.75) is 11.6 Å². The maximum absolute atomic E-state index is 12.6. The zero-order chi connectivity index (χ0) is 24.0. The standard InChI is InChI=1S/C29H26ClNO3/c1-31(27(28(32)33)21-34-26-19-17-25(30)18-20-26)29(22-11-5-2-6-12-22,23-13-7-3-8-14-23)24-15-9-4-10-16-24/h2-20,27H,21H2,1H3,(H,32,33). The van der Waals surface area contributed by atoms with Gasteiger partial charge in [-0.15, -0.1) is 0 Å². The quantitative estimate of drug-likeness (QED) is 0.300. The summed E-state index contributed by atoms with van der Waals surface area (Å²) >= 11 is 5.98. The molecule has 0 aliphatic carbocycles. The molecule has 4 aromatic rings. The summed E-state index contributed by atoms with van der Waals surface area (Å²) < 4.78 is 5.93. The van der Waals surface area contributed by atoms with Crippen LogP contribution in [0.1, 0.15) is 16.7 Å². The van der Waals surface area contributed by atoms with E-state index in [1.807, 2.05) is 103 Å². The number of aliphatic carboxylic acids is 1. The molecule has 34 heavy (non-hydrogen) atoms. The molecule has 0 aromatic heterocycles. The van der Waals surface area contributed by atoms with Crippen molar-refractivity contribution in [1.29, 1.82) is 0 Å². The van der Waals surface area contributed by atoms with Gasteiger partial charge in [-0.05, 0) is 48.0 Å². The second-order valence-electron chi connectivity index (χ2n) is 8.04. The monoisotopic (exact) mass is 471 g/mol. The third-order valence-electron chi connectivity index (χ3n) is 6.08. The summed E-state index contributed by atoms with van der Waals surface area (Å²) in [5, 5.41) is 10.9. The summed E-state index contributed by atoms with van der Waals surface area (Å²) in [5.41, 5.74) is 2.03. The number of halogens is 1. The van der Waals surface area contributed by atoms with Crippen LogP contribution in [-0.2, 0) is 10.3 Å². The topological polar surface area (TPSA) is 49.8 Å². The van der Waals surface area contributed by atoms with Gasteiger partial charge in [-0.3, -0.25) is 9.69 Å². The fourth-order valence-electron chi connectivity index (χ4n) is 4.44. The van der Waals surface area contributed by atoms with E-state index < -0.39 is 17.6 Å². The van der Waals surface area contributed by atoms with Gasteiger partial charge in [-0.25, -0.2) is 0 Å². The van der Waals surface area contributed by atoms with Gasteiger partial charge in [0, 0.05) is 5.02 Å². The molecule has 0 aliphatic rings. The van der Waals surface area contributed by atoms with Crippen molar-refractivity contribution in [2.75, 3.05) is 13.7 Å². The zero-order valence-corrected chi connectivity index (χ0v) is 19.6. The van der Waals surface area contributed by atoms with Crippen LogP contribution in [0.5, 0.6) is 5.75 Å². The molecule has 4 aromatic carbocycles. The molecule has 0 aliphatic heterocycles. The van der Waals surface area contributed by atoms with E-state index in [-0.39, 0.29) is 6.61 Å². The van der Waals surface area contributed by atoms with Gasteiger partial charge < -0.3 is 9.84 Å². The molecular weight excluding hydrogens is 446 g/mol. The highest BCUT2D eigenvalue weighted by atomic mass is 35.5. The third-order valence-corrected chi connectivity index (χ3v) is 6.33. The van der Waals surface area contributed by atoms with Crippen LogP contribution in [0.25, 0.3) is 0 Å².